The fourth-order valence-electron chi connectivity index (χ4n) is 2.76. The van der Waals surface area contributed by atoms with Crippen LogP contribution in [-0.4, -0.2) is 47.3 Å². The zero-order chi connectivity index (χ0) is 14.7. The molecule has 5 nitrogen and oxygen atoms in total. The third-order valence-electron chi connectivity index (χ3n) is 4.10. The van der Waals surface area contributed by atoms with Gasteiger partial charge in [0.15, 0.2) is 0 Å². The van der Waals surface area contributed by atoms with Crippen molar-refractivity contribution in [1.82, 2.24) is 14.9 Å². The van der Waals surface area contributed by atoms with Gasteiger partial charge >= 0.3 is 0 Å². The van der Waals surface area contributed by atoms with Crippen molar-refractivity contribution in [2.45, 2.75) is 30.2 Å². The minimum atomic E-state index is -0.715. The SMILES string of the molecule is CN1CCC[C@H]1COC1=CN=CC(Cl)(c2cncnc2)C1. The molecule has 21 heavy (non-hydrogen) atoms. The molecule has 0 N–H and O–H groups in total. The van der Waals surface area contributed by atoms with Gasteiger partial charge in [0.1, 0.15) is 23.6 Å². The molecule has 6 heteroatoms. The first kappa shape index (κ1) is 14.5. The Morgan fingerprint density at radius 2 is 2.24 bits per heavy atom. The molecule has 3 heterocycles. The Balaban J connectivity index is 1.63. The summed E-state index contributed by atoms with van der Waals surface area (Å²) < 4.78 is 5.93. The molecular weight excluding hydrogens is 288 g/mol. The lowest BCUT2D eigenvalue weighted by atomic mass is 9.96. The van der Waals surface area contributed by atoms with E-state index in [9.17, 15) is 0 Å². The Hall–Kier alpha value is -1.46. The molecule has 0 amide bonds. The van der Waals surface area contributed by atoms with Crippen LogP contribution in [0.15, 0.2) is 35.7 Å². The average Bonchev–Trinajstić information content (AvgIpc) is 2.92. The van der Waals surface area contributed by atoms with Gasteiger partial charge in [0.25, 0.3) is 0 Å². The van der Waals surface area contributed by atoms with Crippen LogP contribution in [-0.2, 0) is 9.61 Å². The Labute approximate surface area is 129 Å². The van der Waals surface area contributed by atoms with Gasteiger partial charge in [-0.25, -0.2) is 9.97 Å². The minimum Gasteiger partial charge on any atom is -0.495 e. The van der Waals surface area contributed by atoms with E-state index in [1.54, 1.807) is 24.8 Å². The summed E-state index contributed by atoms with van der Waals surface area (Å²) in [4.78, 5) is 13.9. The zero-order valence-corrected chi connectivity index (χ0v) is 12.8. The average molecular weight is 307 g/mol. The predicted octanol–water partition coefficient (Wildman–Crippen LogP) is 2.34. The molecule has 1 aromatic rings. The molecule has 0 radical (unpaired) electrons. The van der Waals surface area contributed by atoms with Crippen LogP contribution < -0.4 is 0 Å². The van der Waals surface area contributed by atoms with Gasteiger partial charge < -0.3 is 9.64 Å². The van der Waals surface area contributed by atoms with E-state index in [-0.39, 0.29) is 0 Å². The van der Waals surface area contributed by atoms with Crippen LogP contribution in [0.3, 0.4) is 0 Å². The molecule has 2 aliphatic rings. The number of halogens is 1. The van der Waals surface area contributed by atoms with Crippen molar-refractivity contribution in [1.29, 1.82) is 0 Å². The van der Waals surface area contributed by atoms with E-state index in [1.165, 1.54) is 19.2 Å². The Morgan fingerprint density at radius 1 is 1.43 bits per heavy atom. The first-order chi connectivity index (χ1) is 10.2. The van der Waals surface area contributed by atoms with Crippen LogP contribution >= 0.6 is 11.6 Å². The van der Waals surface area contributed by atoms with Crippen molar-refractivity contribution in [3.8, 4) is 0 Å². The van der Waals surface area contributed by atoms with Crippen LogP contribution in [0.5, 0.6) is 0 Å². The van der Waals surface area contributed by atoms with Gasteiger partial charge in [0, 0.05) is 36.6 Å². The number of allylic oxidation sites excluding steroid dienone is 1. The molecule has 1 fully saturated rings. The van der Waals surface area contributed by atoms with E-state index < -0.39 is 4.87 Å². The van der Waals surface area contributed by atoms with Gasteiger partial charge in [0.05, 0.1) is 6.20 Å². The maximum absolute atomic E-state index is 6.66. The largest absolute Gasteiger partial charge is 0.495 e. The topological polar surface area (TPSA) is 50.6 Å². The summed E-state index contributed by atoms with van der Waals surface area (Å²) in [6, 6.07) is 0.488. The summed E-state index contributed by atoms with van der Waals surface area (Å²) in [7, 11) is 2.14. The first-order valence-corrected chi connectivity index (χ1v) is 7.56. The molecule has 1 saturated heterocycles. The molecule has 0 saturated carbocycles. The summed E-state index contributed by atoms with van der Waals surface area (Å²) in [6.45, 7) is 1.84. The van der Waals surface area contributed by atoms with Crippen LogP contribution in [0.2, 0.25) is 0 Å². The number of hydrogen-bond acceptors (Lipinski definition) is 5. The highest BCUT2D eigenvalue weighted by Gasteiger charge is 2.33. The molecule has 2 atom stereocenters. The summed E-state index contributed by atoms with van der Waals surface area (Å²) in [5, 5.41) is 0. The second kappa shape index (κ2) is 6.12. The van der Waals surface area contributed by atoms with Crippen LogP contribution in [0.4, 0.5) is 0 Å². The van der Waals surface area contributed by atoms with Crippen LogP contribution in [0.25, 0.3) is 0 Å². The van der Waals surface area contributed by atoms with Gasteiger partial charge in [-0.05, 0) is 26.4 Å². The van der Waals surface area contributed by atoms with E-state index in [0.29, 0.717) is 19.1 Å². The molecule has 0 aromatic carbocycles. The van der Waals surface area contributed by atoms with Crippen molar-refractivity contribution >= 4 is 17.8 Å². The van der Waals surface area contributed by atoms with Gasteiger partial charge in [-0.15, -0.1) is 11.6 Å². The van der Waals surface area contributed by atoms with E-state index in [1.807, 2.05) is 0 Å². The van der Waals surface area contributed by atoms with E-state index in [2.05, 4.69) is 26.9 Å². The molecule has 2 aliphatic heterocycles. The lowest BCUT2D eigenvalue weighted by molar-refractivity contribution is 0.131. The maximum atomic E-state index is 6.66. The fourth-order valence-corrected chi connectivity index (χ4v) is 3.04. The van der Waals surface area contributed by atoms with Crippen LogP contribution in [0, 0.1) is 0 Å². The fraction of sp³-hybridized carbons (Fsp3) is 0.533. The third kappa shape index (κ3) is 3.24. The van der Waals surface area contributed by atoms with Gasteiger partial charge in [-0.3, -0.25) is 4.99 Å². The number of aromatic nitrogens is 2. The van der Waals surface area contributed by atoms with Crippen molar-refractivity contribution in [3.05, 3.63) is 36.2 Å². The molecule has 1 aromatic heterocycles. The summed E-state index contributed by atoms with van der Waals surface area (Å²) >= 11 is 6.66. The van der Waals surface area contributed by atoms with Crippen molar-refractivity contribution in [2.24, 2.45) is 4.99 Å². The minimum absolute atomic E-state index is 0.488. The number of nitrogens with zero attached hydrogens (tertiary/aromatic N) is 4. The molecule has 0 aliphatic carbocycles. The molecule has 1 unspecified atom stereocenters. The number of ether oxygens (including phenoxy) is 1. The Bertz CT molecular complexity index is 548. The number of likely N-dealkylation sites (N-methyl/N-ethyl adjacent to an activating group) is 1. The molecule has 0 spiro atoms. The predicted molar refractivity (Wildman–Crippen MR) is 82.4 cm³/mol. The van der Waals surface area contributed by atoms with Gasteiger partial charge in [0.2, 0.25) is 0 Å². The van der Waals surface area contributed by atoms with E-state index in [4.69, 9.17) is 16.3 Å². The summed E-state index contributed by atoms with van der Waals surface area (Å²) in [5.74, 6) is 0.816. The lowest BCUT2D eigenvalue weighted by Crippen LogP contribution is -2.30. The molecule has 3 rings (SSSR count). The zero-order valence-electron chi connectivity index (χ0n) is 12.1. The number of rotatable bonds is 4. The normalized spacial score (nSPS) is 29.4. The van der Waals surface area contributed by atoms with Crippen molar-refractivity contribution in [2.75, 3.05) is 20.2 Å². The second-order valence-corrected chi connectivity index (χ2v) is 6.30. The highest BCUT2D eigenvalue weighted by atomic mass is 35.5. The summed E-state index contributed by atoms with van der Waals surface area (Å²) in [5.41, 5.74) is 0.836. The smallest absolute Gasteiger partial charge is 0.117 e. The van der Waals surface area contributed by atoms with Crippen molar-refractivity contribution < 1.29 is 4.74 Å². The first-order valence-electron chi connectivity index (χ1n) is 7.18. The number of likely N-dealkylation sites (tertiary alicyclic amines) is 1. The number of hydrogen-bond donors (Lipinski definition) is 0. The number of alkyl halides is 1. The Morgan fingerprint density at radius 3 is 2.95 bits per heavy atom. The standard InChI is InChI=1S/C15H19ClN4O/c1-20-4-2-3-13(20)9-21-14-5-15(16,10-17-8-14)12-6-18-11-19-7-12/h6-8,10-11,13H,2-5,9H2,1H3/t13-,15?/m0/s1. The summed E-state index contributed by atoms with van der Waals surface area (Å²) in [6.07, 6.45) is 11.4. The lowest BCUT2D eigenvalue weighted by Gasteiger charge is -2.27. The quantitative estimate of drug-likeness (QED) is 0.801. The molecular formula is C15H19ClN4O. The van der Waals surface area contributed by atoms with Crippen molar-refractivity contribution in [3.63, 3.8) is 0 Å². The van der Waals surface area contributed by atoms with E-state index in [0.717, 1.165) is 17.9 Å². The monoisotopic (exact) mass is 306 g/mol. The highest BCUT2D eigenvalue weighted by Crippen LogP contribution is 2.36. The molecule has 0 bridgehead atoms. The van der Waals surface area contributed by atoms with Gasteiger partial charge in [-0.2, -0.15) is 0 Å². The van der Waals surface area contributed by atoms with Gasteiger partial charge in [-0.1, -0.05) is 0 Å². The third-order valence-corrected chi connectivity index (χ3v) is 4.55. The highest BCUT2D eigenvalue weighted by molar-refractivity contribution is 6.32. The van der Waals surface area contributed by atoms with E-state index >= 15 is 0 Å². The van der Waals surface area contributed by atoms with Crippen LogP contribution in [0.1, 0.15) is 24.8 Å². The maximum Gasteiger partial charge on any atom is 0.117 e. The second-order valence-electron chi connectivity index (χ2n) is 5.63. The molecule has 112 valence electrons. The Kier molecular flexibility index (Phi) is 4.22. The number of aliphatic imine (C=N–C) groups is 1.